The minimum Gasteiger partial charge on any atom is -0.480 e. The average molecular weight is 535 g/mol. The Bertz CT molecular complexity index is 1210. The van der Waals surface area contributed by atoms with Gasteiger partial charge in [0.25, 0.3) is 10.1 Å². The van der Waals surface area contributed by atoms with Crippen LogP contribution in [0.15, 0.2) is 53.6 Å². The summed E-state index contributed by atoms with van der Waals surface area (Å²) in [7, 11) is -4.60. The first kappa shape index (κ1) is 28.2. The number of aliphatic carboxylic acids is 2. The van der Waals surface area contributed by atoms with E-state index in [0.29, 0.717) is 18.5 Å². The van der Waals surface area contributed by atoms with Crippen LogP contribution in [0.3, 0.4) is 0 Å². The van der Waals surface area contributed by atoms with Crippen LogP contribution in [-0.4, -0.2) is 87.5 Å². The molecule has 37 heavy (non-hydrogen) atoms. The van der Waals surface area contributed by atoms with Crippen LogP contribution >= 0.6 is 0 Å². The number of pyridine rings is 1. The summed E-state index contributed by atoms with van der Waals surface area (Å²) >= 11 is 0. The lowest BCUT2D eigenvalue weighted by Crippen LogP contribution is -2.56. The molecule has 1 heterocycles. The summed E-state index contributed by atoms with van der Waals surface area (Å²) in [6, 6.07) is 9.85. The van der Waals surface area contributed by atoms with Crippen molar-refractivity contribution in [3.63, 3.8) is 0 Å². The summed E-state index contributed by atoms with van der Waals surface area (Å²) in [5.74, 6) is -2.87. The van der Waals surface area contributed by atoms with Gasteiger partial charge in [-0.25, -0.2) is 0 Å². The highest BCUT2D eigenvalue weighted by molar-refractivity contribution is 7.86. The number of amides is 1. The second-order valence-corrected chi connectivity index (χ2v) is 10.2. The van der Waals surface area contributed by atoms with Gasteiger partial charge in [-0.05, 0) is 37.1 Å². The number of carbonyl (C=O) groups is 3. The second kappa shape index (κ2) is 12.7. The molecule has 1 amide bonds. The van der Waals surface area contributed by atoms with Crippen LogP contribution < -0.4 is 5.32 Å². The molecule has 4 N–H and O–H groups in total. The molecule has 13 heteroatoms. The topological polar surface area (TPSA) is 177 Å². The van der Waals surface area contributed by atoms with Crippen LogP contribution in [0.2, 0.25) is 0 Å². The Morgan fingerprint density at radius 1 is 0.892 bits per heavy atom. The van der Waals surface area contributed by atoms with Crippen molar-refractivity contribution >= 4 is 33.7 Å². The fraction of sp³-hybridized carbons (Fsp3) is 0.417. The number of nitrogens with one attached hydrogen (secondary N) is 1. The molecule has 2 unspecified atom stereocenters. The summed E-state index contributed by atoms with van der Waals surface area (Å²) in [6.07, 6.45) is 4.35. The van der Waals surface area contributed by atoms with E-state index in [-0.39, 0.29) is 31.4 Å². The molecule has 12 nitrogen and oxygen atoms in total. The molecule has 0 aliphatic heterocycles. The third-order valence-corrected chi connectivity index (χ3v) is 7.10. The molecule has 0 spiro atoms. The van der Waals surface area contributed by atoms with Gasteiger partial charge >= 0.3 is 11.9 Å². The van der Waals surface area contributed by atoms with E-state index in [1.807, 2.05) is 0 Å². The van der Waals surface area contributed by atoms with Crippen molar-refractivity contribution in [2.45, 2.75) is 49.2 Å². The third-order valence-electron chi connectivity index (χ3n) is 6.19. The van der Waals surface area contributed by atoms with E-state index in [1.165, 1.54) is 23.1 Å². The van der Waals surface area contributed by atoms with Gasteiger partial charge in [-0.3, -0.25) is 33.7 Å². The molecular formula is C24H30N4O8S. The fourth-order valence-corrected chi connectivity index (χ4v) is 5.39. The van der Waals surface area contributed by atoms with Gasteiger partial charge in [0.1, 0.15) is 4.90 Å². The Morgan fingerprint density at radius 3 is 2.08 bits per heavy atom. The zero-order valence-corrected chi connectivity index (χ0v) is 20.9. The number of anilines is 1. The number of carbonyl (C=O) groups excluding carboxylic acids is 1. The Kier molecular flexibility index (Phi) is 9.69. The summed E-state index contributed by atoms with van der Waals surface area (Å²) in [4.78, 5) is 43.4. The minimum atomic E-state index is -4.60. The van der Waals surface area contributed by atoms with Gasteiger partial charge in [0.15, 0.2) is 0 Å². The van der Waals surface area contributed by atoms with Crippen LogP contribution in [0.5, 0.6) is 0 Å². The van der Waals surface area contributed by atoms with E-state index in [4.69, 9.17) is 0 Å². The van der Waals surface area contributed by atoms with Crippen LogP contribution in [0.25, 0.3) is 0 Å². The number of carboxylic acid groups (broad SMARTS) is 2. The smallest absolute Gasteiger partial charge is 0.317 e. The van der Waals surface area contributed by atoms with Gasteiger partial charge < -0.3 is 15.5 Å². The maximum Gasteiger partial charge on any atom is 0.317 e. The molecule has 0 bridgehead atoms. The zero-order valence-electron chi connectivity index (χ0n) is 20.1. The predicted octanol–water partition coefficient (Wildman–Crippen LogP) is 1.55. The zero-order chi connectivity index (χ0) is 27.0. The molecule has 200 valence electrons. The monoisotopic (exact) mass is 534 g/mol. The Hall–Kier alpha value is -3.39. The predicted molar refractivity (Wildman–Crippen MR) is 132 cm³/mol. The number of carboxylic acids is 2. The van der Waals surface area contributed by atoms with E-state index >= 15 is 0 Å². The van der Waals surface area contributed by atoms with Crippen LogP contribution in [0, 0.1) is 0 Å². The van der Waals surface area contributed by atoms with Gasteiger partial charge in [-0.1, -0.05) is 31.0 Å². The van der Waals surface area contributed by atoms with Crippen molar-refractivity contribution in [2.75, 3.05) is 25.0 Å². The van der Waals surface area contributed by atoms with Crippen molar-refractivity contribution in [2.24, 2.45) is 0 Å². The molecule has 3 rings (SSSR count). The molecular weight excluding hydrogens is 504 g/mol. The largest absolute Gasteiger partial charge is 0.480 e. The van der Waals surface area contributed by atoms with E-state index in [1.54, 1.807) is 29.3 Å². The minimum absolute atomic E-state index is 0.131. The summed E-state index contributed by atoms with van der Waals surface area (Å²) in [5, 5.41) is 21.6. The number of rotatable bonds is 12. The Balaban J connectivity index is 1.85. The summed E-state index contributed by atoms with van der Waals surface area (Å²) in [6.45, 7) is -0.896. The Morgan fingerprint density at radius 2 is 1.49 bits per heavy atom. The standard InChI is InChI=1S/C24H30N4O8S/c29-22(26-18-8-1-4-11-21(18)37(34,35)36)14-28(16-24(32)33)20-10-3-2-9-19(20)27(15-23(30)31)13-17-7-5-6-12-25-17/h1,4-8,11-12,19-20H,2-3,9-10,13-16H2,(H,26,29)(H,30,31)(H,32,33)(H,34,35,36). The lowest BCUT2D eigenvalue weighted by Gasteiger charge is -2.44. The third kappa shape index (κ3) is 8.32. The molecule has 0 saturated heterocycles. The molecule has 2 aromatic rings. The first-order valence-electron chi connectivity index (χ1n) is 11.7. The highest BCUT2D eigenvalue weighted by Crippen LogP contribution is 2.29. The molecule has 1 aromatic carbocycles. The van der Waals surface area contributed by atoms with E-state index in [9.17, 15) is 37.6 Å². The highest BCUT2D eigenvalue weighted by Gasteiger charge is 2.36. The summed E-state index contributed by atoms with van der Waals surface area (Å²) in [5.41, 5.74) is 0.533. The van der Waals surface area contributed by atoms with Crippen LogP contribution in [0.1, 0.15) is 31.4 Å². The number of hydrogen-bond acceptors (Lipinski definition) is 8. The fourth-order valence-electron chi connectivity index (χ4n) is 4.74. The van der Waals surface area contributed by atoms with Crippen molar-refractivity contribution < 1.29 is 37.6 Å². The maximum absolute atomic E-state index is 12.9. The molecule has 2 atom stereocenters. The van der Waals surface area contributed by atoms with E-state index < -0.39 is 45.4 Å². The number of para-hydroxylation sites is 1. The molecule has 1 saturated carbocycles. The SMILES string of the molecule is O=C(O)CN(CC(=O)Nc1ccccc1S(=O)(=O)O)C1CCCCC1N(CC(=O)O)Cc1ccccn1. The van der Waals surface area contributed by atoms with Crippen LogP contribution in [0.4, 0.5) is 5.69 Å². The van der Waals surface area contributed by atoms with Gasteiger partial charge in [0, 0.05) is 24.8 Å². The number of nitrogens with zero attached hydrogens (tertiary/aromatic N) is 3. The summed E-state index contributed by atoms with van der Waals surface area (Å²) < 4.78 is 32.8. The van der Waals surface area contributed by atoms with Crippen molar-refractivity contribution in [1.29, 1.82) is 0 Å². The van der Waals surface area contributed by atoms with Gasteiger partial charge in [0.2, 0.25) is 5.91 Å². The molecule has 0 radical (unpaired) electrons. The first-order valence-corrected chi connectivity index (χ1v) is 13.2. The van der Waals surface area contributed by atoms with E-state index in [0.717, 1.165) is 18.9 Å². The van der Waals surface area contributed by atoms with Crippen molar-refractivity contribution in [1.82, 2.24) is 14.8 Å². The molecule has 1 fully saturated rings. The van der Waals surface area contributed by atoms with Crippen LogP contribution in [-0.2, 0) is 31.0 Å². The Labute approximate surface area is 214 Å². The van der Waals surface area contributed by atoms with Gasteiger partial charge in [-0.2, -0.15) is 8.42 Å². The molecule has 1 aliphatic rings. The van der Waals surface area contributed by atoms with Crippen molar-refractivity contribution in [3.8, 4) is 0 Å². The maximum atomic E-state index is 12.9. The highest BCUT2D eigenvalue weighted by atomic mass is 32.2. The lowest BCUT2D eigenvalue weighted by molar-refractivity contribution is -0.143. The number of aromatic nitrogens is 1. The van der Waals surface area contributed by atoms with Gasteiger partial charge in [0.05, 0.1) is 31.0 Å². The van der Waals surface area contributed by atoms with Crippen molar-refractivity contribution in [3.05, 3.63) is 54.4 Å². The lowest BCUT2D eigenvalue weighted by atomic mass is 9.87. The van der Waals surface area contributed by atoms with E-state index in [2.05, 4.69) is 10.3 Å². The van der Waals surface area contributed by atoms with Gasteiger partial charge in [-0.15, -0.1) is 0 Å². The second-order valence-electron chi connectivity index (χ2n) is 8.86. The normalized spacial score (nSPS) is 18.0. The first-order chi connectivity index (χ1) is 17.5. The average Bonchev–Trinajstić information content (AvgIpc) is 2.83. The number of benzene rings is 1. The quantitative estimate of drug-likeness (QED) is 0.290. The number of hydrogen-bond donors (Lipinski definition) is 4. The molecule has 1 aromatic heterocycles. The molecule has 1 aliphatic carbocycles.